The largest absolute Gasteiger partial charge is 0.349 e. The van der Waals surface area contributed by atoms with E-state index < -0.39 is 0 Å². The molecular weight excluding hydrogens is 350 g/mol. The van der Waals surface area contributed by atoms with Gasteiger partial charge in [0.1, 0.15) is 0 Å². The van der Waals surface area contributed by atoms with Gasteiger partial charge >= 0.3 is 6.03 Å². The summed E-state index contributed by atoms with van der Waals surface area (Å²) in [5.74, 6) is -0.0195. The van der Waals surface area contributed by atoms with E-state index in [4.69, 9.17) is 0 Å². The second kappa shape index (κ2) is 8.05. The number of para-hydroxylation sites is 1. The van der Waals surface area contributed by atoms with Crippen molar-refractivity contribution in [3.05, 3.63) is 65.7 Å². The molecule has 0 saturated carbocycles. The van der Waals surface area contributed by atoms with Gasteiger partial charge in [-0.3, -0.25) is 4.79 Å². The summed E-state index contributed by atoms with van der Waals surface area (Å²) in [5, 5.41) is 6.23. The number of fused-ring (bicyclic) bond motifs is 2. The zero-order valence-corrected chi connectivity index (χ0v) is 16.2. The third-order valence-corrected chi connectivity index (χ3v) is 5.85. The van der Waals surface area contributed by atoms with Crippen molar-refractivity contribution in [2.75, 3.05) is 5.32 Å². The lowest BCUT2D eigenvalue weighted by atomic mass is 9.82. The molecule has 0 aliphatic carbocycles. The molecule has 0 aromatic heterocycles. The zero-order valence-electron chi connectivity index (χ0n) is 16.2. The Morgan fingerprint density at radius 1 is 0.964 bits per heavy atom. The van der Waals surface area contributed by atoms with Gasteiger partial charge in [-0.15, -0.1) is 0 Å². The number of aryl methyl sites for hydroxylation is 1. The molecule has 2 aliphatic rings. The summed E-state index contributed by atoms with van der Waals surface area (Å²) in [6, 6.07) is 17.7. The quantitative estimate of drug-likeness (QED) is 0.836. The fraction of sp³-hybridized carbons (Fsp3) is 0.391. The van der Waals surface area contributed by atoms with Crippen LogP contribution in [0.25, 0.3) is 0 Å². The van der Waals surface area contributed by atoms with E-state index in [9.17, 15) is 9.59 Å². The Morgan fingerprint density at radius 3 is 2.36 bits per heavy atom. The maximum atomic E-state index is 12.9. The average molecular weight is 377 g/mol. The molecule has 5 heteroatoms. The number of urea groups is 1. The lowest BCUT2D eigenvalue weighted by molar-refractivity contribution is 0.0577. The number of rotatable bonds is 3. The molecule has 2 aromatic carbocycles. The van der Waals surface area contributed by atoms with Gasteiger partial charge in [-0.1, -0.05) is 35.9 Å². The topological polar surface area (TPSA) is 61.4 Å². The van der Waals surface area contributed by atoms with Crippen molar-refractivity contribution in [2.24, 2.45) is 0 Å². The number of carbonyl (C=O) groups excluding carboxylic acids is 2. The third-order valence-electron chi connectivity index (χ3n) is 5.85. The average Bonchev–Trinajstić information content (AvgIpc) is 2.68. The number of piperidine rings is 2. The van der Waals surface area contributed by atoms with Crippen molar-refractivity contribution in [3.63, 3.8) is 0 Å². The van der Waals surface area contributed by atoms with Crippen LogP contribution in [0.3, 0.4) is 0 Å². The number of hydrogen-bond acceptors (Lipinski definition) is 2. The molecule has 4 rings (SSSR count). The highest BCUT2D eigenvalue weighted by atomic mass is 16.2. The smallest absolute Gasteiger partial charge is 0.322 e. The Bertz CT molecular complexity index is 838. The van der Waals surface area contributed by atoms with Crippen LogP contribution in [0.2, 0.25) is 0 Å². The van der Waals surface area contributed by atoms with Crippen molar-refractivity contribution in [1.29, 1.82) is 0 Å². The lowest BCUT2D eigenvalue weighted by Gasteiger charge is -2.48. The van der Waals surface area contributed by atoms with Gasteiger partial charge in [-0.25, -0.2) is 4.79 Å². The second-order valence-corrected chi connectivity index (χ2v) is 7.95. The first-order chi connectivity index (χ1) is 13.6. The van der Waals surface area contributed by atoms with Crippen LogP contribution in [0.15, 0.2) is 54.6 Å². The predicted octanol–water partition coefficient (Wildman–Crippen LogP) is 4.34. The van der Waals surface area contributed by atoms with Gasteiger partial charge in [0.2, 0.25) is 0 Å². The molecular formula is C23H27N3O2. The monoisotopic (exact) mass is 377 g/mol. The van der Waals surface area contributed by atoms with Crippen LogP contribution in [-0.4, -0.2) is 35.0 Å². The molecule has 2 fully saturated rings. The van der Waals surface area contributed by atoms with E-state index in [0.29, 0.717) is 5.56 Å². The molecule has 2 bridgehead atoms. The van der Waals surface area contributed by atoms with Gasteiger partial charge in [0.25, 0.3) is 5.91 Å². The Balaban J connectivity index is 1.42. The standard InChI is InChI=1S/C23H27N3O2/c1-16-7-5-8-17(13-16)22(27)24-19-14-20-11-6-12-21(15-19)26(20)23(28)25-18-9-3-2-4-10-18/h2-5,7-10,13,19-21H,6,11-12,14-15H2,1H3,(H,24,27)(H,25,28)/t19?,20-,21+. The van der Waals surface area contributed by atoms with Gasteiger partial charge in [0.15, 0.2) is 0 Å². The van der Waals surface area contributed by atoms with Crippen molar-refractivity contribution in [2.45, 2.75) is 57.2 Å². The molecule has 2 heterocycles. The van der Waals surface area contributed by atoms with Crippen molar-refractivity contribution >= 4 is 17.6 Å². The zero-order chi connectivity index (χ0) is 19.5. The minimum absolute atomic E-state index is 0.0195. The first-order valence-electron chi connectivity index (χ1n) is 10.1. The number of benzene rings is 2. The molecule has 3 atom stereocenters. The van der Waals surface area contributed by atoms with E-state index >= 15 is 0 Å². The van der Waals surface area contributed by atoms with E-state index in [1.165, 1.54) is 0 Å². The molecule has 2 N–H and O–H groups in total. The number of nitrogens with one attached hydrogen (secondary N) is 2. The molecule has 5 nitrogen and oxygen atoms in total. The lowest BCUT2D eigenvalue weighted by Crippen LogP contribution is -2.59. The first kappa shape index (κ1) is 18.5. The van der Waals surface area contributed by atoms with Crippen LogP contribution in [0.1, 0.15) is 48.0 Å². The minimum atomic E-state index is -0.0237. The first-order valence-corrected chi connectivity index (χ1v) is 10.1. The molecule has 0 spiro atoms. The Labute approximate surface area is 166 Å². The molecule has 0 radical (unpaired) electrons. The molecule has 3 amide bonds. The van der Waals surface area contributed by atoms with Crippen LogP contribution in [0, 0.1) is 6.92 Å². The normalized spacial score (nSPS) is 23.8. The van der Waals surface area contributed by atoms with E-state index in [2.05, 4.69) is 10.6 Å². The highest BCUT2D eigenvalue weighted by molar-refractivity contribution is 5.94. The predicted molar refractivity (Wildman–Crippen MR) is 110 cm³/mol. The maximum Gasteiger partial charge on any atom is 0.322 e. The van der Waals surface area contributed by atoms with Gasteiger partial charge in [-0.05, 0) is 63.3 Å². The van der Waals surface area contributed by atoms with E-state index in [-0.39, 0.29) is 30.1 Å². The Morgan fingerprint density at radius 2 is 1.68 bits per heavy atom. The Hall–Kier alpha value is -2.82. The van der Waals surface area contributed by atoms with Crippen LogP contribution >= 0.6 is 0 Å². The summed E-state index contributed by atoms with van der Waals surface area (Å²) in [6.45, 7) is 1.99. The Kier molecular flexibility index (Phi) is 5.33. The van der Waals surface area contributed by atoms with E-state index in [1.807, 2.05) is 66.4 Å². The summed E-state index contributed by atoms with van der Waals surface area (Å²) >= 11 is 0. The maximum absolute atomic E-state index is 12.9. The van der Waals surface area contributed by atoms with Crippen LogP contribution in [0.4, 0.5) is 10.5 Å². The highest BCUT2D eigenvalue weighted by Crippen LogP contribution is 2.34. The fourth-order valence-corrected chi connectivity index (χ4v) is 4.60. The molecule has 28 heavy (non-hydrogen) atoms. The SMILES string of the molecule is Cc1cccc(C(=O)NC2C[C@H]3CCC[C@@H](C2)N3C(=O)Nc2ccccc2)c1. The van der Waals surface area contributed by atoms with Gasteiger partial charge in [0, 0.05) is 29.4 Å². The second-order valence-electron chi connectivity index (χ2n) is 7.95. The number of anilines is 1. The summed E-state index contributed by atoms with van der Waals surface area (Å²) in [5.41, 5.74) is 2.60. The van der Waals surface area contributed by atoms with Crippen LogP contribution in [0.5, 0.6) is 0 Å². The molecule has 2 saturated heterocycles. The van der Waals surface area contributed by atoms with Crippen molar-refractivity contribution < 1.29 is 9.59 Å². The number of amides is 3. The fourth-order valence-electron chi connectivity index (χ4n) is 4.60. The van der Waals surface area contributed by atoms with Gasteiger partial charge in [-0.2, -0.15) is 0 Å². The number of hydrogen-bond donors (Lipinski definition) is 2. The third kappa shape index (κ3) is 4.03. The van der Waals surface area contributed by atoms with E-state index in [1.54, 1.807) is 0 Å². The summed E-state index contributed by atoms with van der Waals surface area (Å²) in [4.78, 5) is 27.6. The minimum Gasteiger partial charge on any atom is -0.349 e. The van der Waals surface area contributed by atoms with Crippen LogP contribution in [-0.2, 0) is 0 Å². The van der Waals surface area contributed by atoms with Crippen molar-refractivity contribution in [1.82, 2.24) is 10.2 Å². The molecule has 2 aliphatic heterocycles. The summed E-state index contributed by atoms with van der Waals surface area (Å²) in [6.07, 6.45) is 4.76. The highest BCUT2D eigenvalue weighted by Gasteiger charge is 2.41. The molecule has 146 valence electrons. The summed E-state index contributed by atoms with van der Waals surface area (Å²) in [7, 11) is 0. The van der Waals surface area contributed by atoms with Gasteiger partial charge < -0.3 is 15.5 Å². The number of carbonyl (C=O) groups is 2. The van der Waals surface area contributed by atoms with Crippen LogP contribution < -0.4 is 10.6 Å². The molecule has 2 aromatic rings. The molecule has 1 unspecified atom stereocenters. The number of nitrogens with zero attached hydrogens (tertiary/aromatic N) is 1. The van der Waals surface area contributed by atoms with Crippen molar-refractivity contribution in [3.8, 4) is 0 Å². The van der Waals surface area contributed by atoms with Gasteiger partial charge in [0.05, 0.1) is 0 Å². The van der Waals surface area contributed by atoms with E-state index in [0.717, 1.165) is 43.4 Å². The summed E-state index contributed by atoms with van der Waals surface area (Å²) < 4.78 is 0.